The maximum atomic E-state index is 13.0. The highest BCUT2D eigenvalue weighted by Crippen LogP contribution is 2.41. The number of hydrogen-bond donors (Lipinski definition) is 1. The van der Waals surface area contributed by atoms with Crippen molar-refractivity contribution in [2.24, 2.45) is 0 Å². The summed E-state index contributed by atoms with van der Waals surface area (Å²) in [5.41, 5.74) is 2.12. The van der Waals surface area contributed by atoms with Gasteiger partial charge in [-0.3, -0.25) is 9.10 Å². The summed E-state index contributed by atoms with van der Waals surface area (Å²) in [4.78, 5) is 17.4. The number of amides is 1. The normalized spacial score (nSPS) is 14.0. The molecule has 5 rings (SSSR count). The molecule has 1 aliphatic rings. The standard InChI is InChI=1S/C22H17N3O4S2/c1-29-16-10-8-14(9-11-16)17-13-30-22(23-17)24-20(26)12-25-18-6-2-4-15-5-3-7-19(21(15)18)31(25,27)28/h2-11,13H,12H2,1H3,(H,23,24,26). The first-order valence-corrected chi connectivity index (χ1v) is 11.7. The number of methoxy groups -OCH3 is 1. The Labute approximate surface area is 183 Å². The van der Waals surface area contributed by atoms with Gasteiger partial charge < -0.3 is 10.1 Å². The lowest BCUT2D eigenvalue weighted by atomic mass is 10.1. The van der Waals surface area contributed by atoms with Crippen molar-refractivity contribution in [2.45, 2.75) is 4.90 Å². The molecule has 2 heterocycles. The molecular formula is C22H17N3O4S2. The molecule has 1 aromatic heterocycles. The van der Waals surface area contributed by atoms with E-state index < -0.39 is 15.9 Å². The molecule has 31 heavy (non-hydrogen) atoms. The van der Waals surface area contributed by atoms with Crippen molar-refractivity contribution in [3.8, 4) is 17.0 Å². The van der Waals surface area contributed by atoms with Crippen molar-refractivity contribution in [3.05, 3.63) is 66.0 Å². The molecule has 0 saturated heterocycles. The largest absolute Gasteiger partial charge is 0.497 e. The summed E-state index contributed by atoms with van der Waals surface area (Å²) in [6.45, 7) is -0.326. The van der Waals surface area contributed by atoms with Crippen LogP contribution in [-0.2, 0) is 14.8 Å². The van der Waals surface area contributed by atoms with Crippen LogP contribution >= 0.6 is 11.3 Å². The third kappa shape index (κ3) is 3.31. The summed E-state index contributed by atoms with van der Waals surface area (Å²) >= 11 is 1.28. The molecule has 0 unspecified atom stereocenters. The van der Waals surface area contributed by atoms with Crippen LogP contribution < -0.4 is 14.4 Å². The molecule has 0 saturated carbocycles. The summed E-state index contributed by atoms with van der Waals surface area (Å²) in [6, 6.07) is 17.9. The van der Waals surface area contributed by atoms with Crippen molar-refractivity contribution in [1.29, 1.82) is 0 Å². The van der Waals surface area contributed by atoms with Crippen LogP contribution in [-0.4, -0.2) is 33.0 Å². The van der Waals surface area contributed by atoms with E-state index in [2.05, 4.69) is 10.3 Å². The number of ether oxygens (including phenoxy) is 1. The molecule has 1 amide bonds. The Kier molecular flexibility index (Phi) is 4.64. The number of hydrogen-bond acceptors (Lipinski definition) is 6. The predicted molar refractivity (Wildman–Crippen MR) is 121 cm³/mol. The van der Waals surface area contributed by atoms with Crippen LogP contribution in [0.1, 0.15) is 0 Å². The second kappa shape index (κ2) is 7.36. The van der Waals surface area contributed by atoms with Gasteiger partial charge in [0.2, 0.25) is 5.91 Å². The number of sulfonamides is 1. The van der Waals surface area contributed by atoms with Crippen molar-refractivity contribution in [1.82, 2.24) is 4.98 Å². The van der Waals surface area contributed by atoms with Crippen LogP contribution in [0.5, 0.6) is 5.75 Å². The molecule has 9 heteroatoms. The second-order valence-corrected chi connectivity index (χ2v) is 9.65. The first-order valence-electron chi connectivity index (χ1n) is 9.42. The Bertz CT molecular complexity index is 1410. The van der Waals surface area contributed by atoms with E-state index in [-0.39, 0.29) is 11.4 Å². The highest BCUT2D eigenvalue weighted by Gasteiger charge is 2.36. The Morgan fingerprint density at radius 3 is 2.58 bits per heavy atom. The smallest absolute Gasteiger partial charge is 0.265 e. The van der Waals surface area contributed by atoms with Crippen molar-refractivity contribution in [3.63, 3.8) is 0 Å². The number of carbonyl (C=O) groups excluding carboxylic acids is 1. The SMILES string of the molecule is COc1ccc(-c2csc(NC(=O)CN3c4cccc5cccc(c45)S3(=O)=O)n2)cc1. The molecule has 156 valence electrons. The molecule has 0 radical (unpaired) electrons. The van der Waals surface area contributed by atoms with E-state index >= 15 is 0 Å². The fourth-order valence-electron chi connectivity index (χ4n) is 3.64. The van der Waals surface area contributed by atoms with Gasteiger partial charge in [-0.25, -0.2) is 13.4 Å². The van der Waals surface area contributed by atoms with Gasteiger partial charge in [0, 0.05) is 16.3 Å². The average molecular weight is 452 g/mol. The van der Waals surface area contributed by atoms with Gasteiger partial charge in [0.15, 0.2) is 5.13 Å². The molecule has 0 spiro atoms. The summed E-state index contributed by atoms with van der Waals surface area (Å²) in [5, 5.41) is 6.43. The van der Waals surface area contributed by atoms with Crippen LogP contribution in [0, 0.1) is 0 Å². The zero-order valence-corrected chi connectivity index (χ0v) is 18.0. The fraction of sp³-hybridized carbons (Fsp3) is 0.0909. The Balaban J connectivity index is 1.36. The fourth-order valence-corrected chi connectivity index (χ4v) is 6.05. The molecule has 1 aliphatic heterocycles. The third-order valence-corrected chi connectivity index (χ3v) is 7.66. The quantitative estimate of drug-likeness (QED) is 0.493. The Morgan fingerprint density at radius 2 is 1.84 bits per heavy atom. The molecule has 7 nitrogen and oxygen atoms in total. The number of carbonyl (C=O) groups is 1. The van der Waals surface area contributed by atoms with Crippen LogP contribution in [0.15, 0.2) is 70.9 Å². The number of nitrogens with one attached hydrogen (secondary N) is 1. The van der Waals surface area contributed by atoms with Gasteiger partial charge in [0.05, 0.1) is 23.4 Å². The van der Waals surface area contributed by atoms with Crippen LogP contribution in [0.4, 0.5) is 10.8 Å². The van der Waals surface area contributed by atoms with Gasteiger partial charge in [0.1, 0.15) is 12.3 Å². The van der Waals surface area contributed by atoms with E-state index in [1.807, 2.05) is 41.8 Å². The summed E-state index contributed by atoms with van der Waals surface area (Å²) in [6.07, 6.45) is 0. The maximum absolute atomic E-state index is 13.0. The van der Waals surface area contributed by atoms with Gasteiger partial charge in [-0.15, -0.1) is 11.3 Å². The minimum absolute atomic E-state index is 0.226. The van der Waals surface area contributed by atoms with E-state index in [1.54, 1.807) is 31.4 Å². The van der Waals surface area contributed by atoms with E-state index in [0.717, 1.165) is 21.0 Å². The van der Waals surface area contributed by atoms with Gasteiger partial charge >= 0.3 is 0 Å². The minimum atomic E-state index is -3.79. The lowest BCUT2D eigenvalue weighted by Gasteiger charge is -2.17. The number of aromatic nitrogens is 1. The Hall–Kier alpha value is -3.43. The second-order valence-electron chi connectivity index (χ2n) is 6.96. The molecule has 4 aromatic rings. The topological polar surface area (TPSA) is 88.6 Å². The van der Waals surface area contributed by atoms with Crippen LogP contribution in [0.2, 0.25) is 0 Å². The molecule has 1 N–H and O–H groups in total. The highest BCUT2D eigenvalue weighted by atomic mass is 32.2. The van der Waals surface area contributed by atoms with E-state index in [9.17, 15) is 13.2 Å². The zero-order valence-electron chi connectivity index (χ0n) is 16.4. The molecule has 0 atom stereocenters. The number of nitrogens with zero attached hydrogens (tertiary/aromatic N) is 2. The van der Waals surface area contributed by atoms with Gasteiger partial charge in [-0.1, -0.05) is 24.3 Å². The average Bonchev–Trinajstić information content (AvgIpc) is 3.32. The Morgan fingerprint density at radius 1 is 1.10 bits per heavy atom. The van der Waals surface area contributed by atoms with Crippen LogP contribution in [0.3, 0.4) is 0 Å². The van der Waals surface area contributed by atoms with Gasteiger partial charge in [-0.05, 0) is 41.8 Å². The molecule has 0 fully saturated rings. The van der Waals surface area contributed by atoms with E-state index in [1.165, 1.54) is 11.3 Å². The number of rotatable bonds is 5. The van der Waals surface area contributed by atoms with Crippen molar-refractivity contribution >= 4 is 48.9 Å². The lowest BCUT2D eigenvalue weighted by molar-refractivity contribution is -0.114. The lowest BCUT2D eigenvalue weighted by Crippen LogP contribution is -2.35. The third-order valence-electron chi connectivity index (χ3n) is 5.10. The maximum Gasteiger partial charge on any atom is 0.265 e. The number of anilines is 2. The molecule has 3 aromatic carbocycles. The van der Waals surface area contributed by atoms with Crippen molar-refractivity contribution in [2.75, 3.05) is 23.3 Å². The van der Waals surface area contributed by atoms with Crippen molar-refractivity contribution < 1.29 is 17.9 Å². The monoisotopic (exact) mass is 451 g/mol. The van der Waals surface area contributed by atoms with E-state index in [4.69, 9.17) is 4.74 Å². The zero-order chi connectivity index (χ0) is 21.6. The summed E-state index contributed by atoms with van der Waals surface area (Å²) in [5.74, 6) is 0.291. The predicted octanol–water partition coefficient (Wildman–Crippen LogP) is 4.12. The highest BCUT2D eigenvalue weighted by molar-refractivity contribution is 7.93. The van der Waals surface area contributed by atoms with Gasteiger partial charge in [0.25, 0.3) is 10.0 Å². The first kappa shape index (κ1) is 19.5. The first-order chi connectivity index (χ1) is 15.0. The van der Waals surface area contributed by atoms with Crippen LogP contribution in [0.25, 0.3) is 22.0 Å². The summed E-state index contributed by atoms with van der Waals surface area (Å²) in [7, 11) is -2.18. The van der Waals surface area contributed by atoms with Gasteiger partial charge in [-0.2, -0.15) is 0 Å². The molecule has 0 aliphatic carbocycles. The number of benzene rings is 3. The minimum Gasteiger partial charge on any atom is -0.497 e. The number of thiazole rings is 1. The molecule has 0 bridgehead atoms. The molecular weight excluding hydrogens is 434 g/mol. The summed E-state index contributed by atoms with van der Waals surface area (Å²) < 4.78 is 32.3. The van der Waals surface area contributed by atoms with E-state index in [0.29, 0.717) is 21.9 Å².